The first-order chi connectivity index (χ1) is 18.5. The number of nitro benzene ring substituents is 1. The van der Waals surface area contributed by atoms with Crippen molar-refractivity contribution >= 4 is 44.3 Å². The second-order valence-electron chi connectivity index (χ2n) is 8.92. The Hall–Kier alpha value is -3.84. The third kappa shape index (κ3) is 7.39. The highest BCUT2D eigenvalue weighted by atomic mass is 32.2. The van der Waals surface area contributed by atoms with Crippen LogP contribution in [0.15, 0.2) is 52.2 Å². The molecule has 0 radical (unpaired) electrons. The average molecular weight is 576 g/mol. The number of hydrogen-bond donors (Lipinski definition) is 1. The van der Waals surface area contributed by atoms with Crippen molar-refractivity contribution in [3.05, 3.63) is 78.6 Å². The zero-order valence-electron chi connectivity index (χ0n) is 22.0. The van der Waals surface area contributed by atoms with Gasteiger partial charge in [-0.15, -0.1) is 11.3 Å². The summed E-state index contributed by atoms with van der Waals surface area (Å²) in [5.74, 6) is -2.82. The predicted molar refractivity (Wildman–Crippen MR) is 145 cm³/mol. The van der Waals surface area contributed by atoms with Crippen molar-refractivity contribution in [1.82, 2.24) is 10.3 Å². The number of rotatable bonds is 10. The standard InChI is InChI=1S/C26H29N3O8S2/c1-15-14-38-20(27-15)11-6-5-7-12-21(39(34)35)37-26(31)23-17(3)28-16(2)22(25(30)36-4)24(23)18-9-8-10-19(13-18)29(32)33/h8-10,13-14,24,28H,5-7,11-12H2,1-4H3. The van der Waals surface area contributed by atoms with E-state index in [2.05, 4.69) is 10.3 Å². The number of nitrogens with one attached hydrogen (secondary N) is 1. The molecule has 3 rings (SSSR count). The van der Waals surface area contributed by atoms with E-state index in [9.17, 15) is 28.1 Å². The van der Waals surface area contributed by atoms with E-state index in [0.29, 0.717) is 24.2 Å². The van der Waals surface area contributed by atoms with Gasteiger partial charge in [0.1, 0.15) is 0 Å². The smallest absolute Gasteiger partial charge is 0.342 e. The quantitative estimate of drug-likeness (QED) is 0.144. The lowest BCUT2D eigenvalue weighted by atomic mass is 9.80. The molecule has 1 aromatic carbocycles. The highest BCUT2D eigenvalue weighted by Gasteiger charge is 2.38. The van der Waals surface area contributed by atoms with Crippen LogP contribution in [0, 0.1) is 17.0 Å². The molecule has 2 aromatic rings. The van der Waals surface area contributed by atoms with Crippen LogP contribution in [0.4, 0.5) is 5.69 Å². The van der Waals surface area contributed by atoms with Gasteiger partial charge in [-0.05, 0) is 45.6 Å². The zero-order chi connectivity index (χ0) is 28.7. The van der Waals surface area contributed by atoms with Crippen LogP contribution in [0.2, 0.25) is 0 Å². The number of carbonyl (C=O) groups is 2. The number of nitro groups is 1. The van der Waals surface area contributed by atoms with E-state index < -0.39 is 38.1 Å². The Morgan fingerprint density at radius 2 is 1.79 bits per heavy atom. The molecule has 1 aliphatic rings. The van der Waals surface area contributed by atoms with Crippen molar-refractivity contribution in [3.8, 4) is 0 Å². The van der Waals surface area contributed by atoms with Gasteiger partial charge in [0.15, 0.2) is 0 Å². The van der Waals surface area contributed by atoms with Crippen LogP contribution in [0.25, 0.3) is 0 Å². The summed E-state index contributed by atoms with van der Waals surface area (Å²) in [4.78, 5) is 41.4. The van der Waals surface area contributed by atoms with Crippen LogP contribution in [0.1, 0.15) is 61.7 Å². The number of dihydropyridines is 1. The van der Waals surface area contributed by atoms with Gasteiger partial charge in [0.05, 0.1) is 34.1 Å². The van der Waals surface area contributed by atoms with E-state index in [1.165, 1.54) is 25.3 Å². The molecule has 1 N–H and O–H groups in total. The summed E-state index contributed by atoms with van der Waals surface area (Å²) in [6.45, 7) is 5.11. The number of aromatic nitrogens is 1. The van der Waals surface area contributed by atoms with Crippen LogP contribution < -0.4 is 5.32 Å². The fourth-order valence-corrected chi connectivity index (χ4v) is 5.64. The summed E-state index contributed by atoms with van der Waals surface area (Å²) in [5, 5.41) is 16.9. The van der Waals surface area contributed by atoms with Crippen molar-refractivity contribution in [2.45, 2.75) is 58.8 Å². The number of ether oxygens (including phenoxy) is 2. The van der Waals surface area contributed by atoms with E-state index in [-0.39, 0.29) is 28.8 Å². The molecule has 208 valence electrons. The van der Waals surface area contributed by atoms with Crippen LogP contribution in [-0.2, 0) is 35.8 Å². The van der Waals surface area contributed by atoms with Gasteiger partial charge >= 0.3 is 11.9 Å². The second kappa shape index (κ2) is 13.3. The third-order valence-electron chi connectivity index (χ3n) is 6.13. The minimum absolute atomic E-state index is 0.0126. The second-order valence-corrected chi connectivity index (χ2v) is 10.8. The van der Waals surface area contributed by atoms with Crippen molar-refractivity contribution in [2.75, 3.05) is 7.11 Å². The Labute approximate surface area is 231 Å². The van der Waals surface area contributed by atoms with Crippen molar-refractivity contribution < 1.29 is 32.4 Å². The number of esters is 2. The average Bonchev–Trinajstić information content (AvgIpc) is 3.31. The predicted octanol–water partition coefficient (Wildman–Crippen LogP) is 4.12. The van der Waals surface area contributed by atoms with Gasteiger partial charge < -0.3 is 14.8 Å². The van der Waals surface area contributed by atoms with Gasteiger partial charge in [-0.2, -0.15) is 8.42 Å². The first kappa shape index (κ1) is 29.7. The van der Waals surface area contributed by atoms with Gasteiger partial charge in [-0.1, -0.05) is 18.6 Å². The lowest BCUT2D eigenvalue weighted by molar-refractivity contribution is -0.384. The Morgan fingerprint density at radius 1 is 1.10 bits per heavy atom. The lowest BCUT2D eigenvalue weighted by Gasteiger charge is -2.30. The molecule has 13 heteroatoms. The Balaban J connectivity index is 1.84. The number of allylic oxidation sites excluding steroid dienone is 2. The summed E-state index contributed by atoms with van der Waals surface area (Å²) in [6.07, 6.45) is 2.76. The highest BCUT2D eigenvalue weighted by molar-refractivity contribution is 7.72. The molecule has 1 unspecified atom stereocenters. The van der Waals surface area contributed by atoms with Crippen molar-refractivity contribution in [3.63, 3.8) is 0 Å². The molecule has 1 atom stereocenters. The largest absolute Gasteiger partial charge is 0.466 e. The maximum Gasteiger partial charge on any atom is 0.342 e. The molecular weight excluding hydrogens is 546 g/mol. The molecule has 1 aromatic heterocycles. The zero-order valence-corrected chi connectivity index (χ0v) is 23.6. The molecule has 11 nitrogen and oxygen atoms in total. The minimum Gasteiger partial charge on any atom is -0.466 e. The summed E-state index contributed by atoms with van der Waals surface area (Å²) in [5.41, 5.74) is 1.71. The number of thiazole rings is 1. The first-order valence-corrected chi connectivity index (χ1v) is 14.1. The highest BCUT2D eigenvalue weighted by Crippen LogP contribution is 2.40. The van der Waals surface area contributed by atoms with Gasteiger partial charge in [-0.25, -0.2) is 14.6 Å². The summed E-state index contributed by atoms with van der Waals surface area (Å²) in [6, 6.07) is 5.53. The molecular formula is C26H29N3O8S2. The van der Waals surface area contributed by atoms with E-state index in [1.54, 1.807) is 31.3 Å². The molecule has 2 heterocycles. The van der Waals surface area contributed by atoms with E-state index >= 15 is 0 Å². The molecule has 0 saturated heterocycles. The molecule has 0 aliphatic carbocycles. The molecule has 0 spiro atoms. The molecule has 0 amide bonds. The molecule has 0 bridgehead atoms. The van der Waals surface area contributed by atoms with Crippen molar-refractivity contribution in [1.29, 1.82) is 0 Å². The molecule has 0 saturated carbocycles. The Morgan fingerprint density at radius 3 is 2.38 bits per heavy atom. The third-order valence-corrected chi connectivity index (χ3v) is 7.82. The fraction of sp³-hybridized carbons (Fsp3) is 0.385. The Kier molecular flexibility index (Phi) is 10.1. The minimum atomic E-state index is -2.79. The van der Waals surface area contributed by atoms with Crippen LogP contribution in [-0.4, -0.2) is 42.4 Å². The first-order valence-electron chi connectivity index (χ1n) is 12.1. The molecule has 0 fully saturated rings. The SMILES string of the molecule is COC(=O)C1=C(C)NC(C)=C(C(=O)OC(CCCCCc2nc(C)cs2)=S(=O)=O)C1c1cccc([N+](=O)[O-])c1. The number of hydrogen-bond acceptors (Lipinski definition) is 11. The summed E-state index contributed by atoms with van der Waals surface area (Å²) in [7, 11) is -1.61. The number of aryl methyl sites for hydroxylation is 2. The maximum absolute atomic E-state index is 13.4. The number of methoxy groups -OCH3 is 1. The molecule has 1 aliphatic heterocycles. The fourth-order valence-electron chi connectivity index (χ4n) is 4.36. The van der Waals surface area contributed by atoms with Crippen LogP contribution in [0.5, 0.6) is 0 Å². The number of unbranched alkanes of at least 4 members (excludes halogenated alkanes) is 2. The van der Waals surface area contributed by atoms with Crippen molar-refractivity contribution in [2.24, 2.45) is 0 Å². The van der Waals surface area contributed by atoms with E-state index in [4.69, 9.17) is 9.47 Å². The monoisotopic (exact) mass is 575 g/mol. The topological polar surface area (TPSA) is 155 Å². The normalized spacial score (nSPS) is 15.0. The number of non-ortho nitro benzene ring substituents is 1. The lowest BCUT2D eigenvalue weighted by Crippen LogP contribution is -2.33. The van der Waals surface area contributed by atoms with Crippen LogP contribution in [0.3, 0.4) is 0 Å². The van der Waals surface area contributed by atoms with Gasteiger partial charge in [0.25, 0.3) is 16.0 Å². The van der Waals surface area contributed by atoms with Gasteiger partial charge in [-0.3, -0.25) is 10.1 Å². The van der Waals surface area contributed by atoms with Crippen LogP contribution >= 0.6 is 11.3 Å². The van der Waals surface area contributed by atoms with Gasteiger partial charge in [0.2, 0.25) is 5.05 Å². The Bertz CT molecular complexity index is 1480. The summed E-state index contributed by atoms with van der Waals surface area (Å²) >= 11 is 1.58. The van der Waals surface area contributed by atoms with E-state index in [0.717, 1.165) is 23.5 Å². The molecule has 39 heavy (non-hydrogen) atoms. The number of nitrogens with zero attached hydrogens (tertiary/aromatic N) is 2. The maximum atomic E-state index is 13.4. The van der Waals surface area contributed by atoms with E-state index in [1.807, 2.05) is 12.3 Å². The number of carbonyl (C=O) groups excluding carboxylic acids is 2. The summed E-state index contributed by atoms with van der Waals surface area (Å²) < 4.78 is 34.1. The number of benzene rings is 1. The van der Waals surface area contributed by atoms with Gasteiger partial charge in [0, 0.05) is 41.0 Å².